The highest BCUT2D eigenvalue weighted by Crippen LogP contribution is 2.15. The number of aliphatic hydroxyl groups excluding tert-OH is 1. The molecule has 2 N–H and O–H groups in total. The van der Waals surface area contributed by atoms with Crippen LogP contribution in [0.25, 0.3) is 0 Å². The molecule has 1 aliphatic heterocycles. The zero-order valence-electron chi connectivity index (χ0n) is 13.9. The van der Waals surface area contributed by atoms with Crippen LogP contribution in [0.4, 0.5) is 13.2 Å². The topological polar surface area (TPSA) is 65.5 Å². The first-order valence-electron chi connectivity index (χ1n) is 8.24. The molecule has 1 amide bonds. The van der Waals surface area contributed by atoms with Gasteiger partial charge in [0.2, 0.25) is 0 Å². The van der Waals surface area contributed by atoms with Crippen molar-refractivity contribution in [3.8, 4) is 0 Å². The molecule has 0 atom stereocenters. The summed E-state index contributed by atoms with van der Waals surface area (Å²) in [5, 5.41) is 11.2. The zero-order chi connectivity index (χ0) is 18.3. The van der Waals surface area contributed by atoms with Gasteiger partial charge in [-0.05, 0) is 49.7 Å². The van der Waals surface area contributed by atoms with Crippen LogP contribution >= 0.6 is 0 Å². The molecule has 1 aromatic rings. The highest BCUT2D eigenvalue weighted by molar-refractivity contribution is 5.81. The molecule has 0 aromatic carbocycles. The largest absolute Gasteiger partial charge is 0.511 e. The first-order chi connectivity index (χ1) is 11.8. The number of halogens is 3. The maximum atomic E-state index is 12.1. The van der Waals surface area contributed by atoms with E-state index in [1.807, 2.05) is 12.1 Å². The summed E-state index contributed by atoms with van der Waals surface area (Å²) in [7, 11) is 0. The van der Waals surface area contributed by atoms with Gasteiger partial charge in [-0.2, -0.15) is 13.2 Å². The SMILES string of the molecule is O=C(NC/C(O)=C/Cc1cc(CN2CCCCC2)ccn1)C(F)(F)F. The predicted molar refractivity (Wildman–Crippen MR) is 86.8 cm³/mol. The fourth-order valence-corrected chi connectivity index (χ4v) is 2.68. The first-order valence-corrected chi connectivity index (χ1v) is 8.24. The van der Waals surface area contributed by atoms with E-state index in [1.54, 1.807) is 11.5 Å². The summed E-state index contributed by atoms with van der Waals surface area (Å²) < 4.78 is 36.2. The Hall–Kier alpha value is -2.09. The van der Waals surface area contributed by atoms with Gasteiger partial charge in [-0.25, -0.2) is 0 Å². The van der Waals surface area contributed by atoms with E-state index in [0.29, 0.717) is 5.69 Å². The summed E-state index contributed by atoms with van der Waals surface area (Å²) in [4.78, 5) is 17.3. The first kappa shape index (κ1) is 19.2. The fraction of sp³-hybridized carbons (Fsp3) is 0.529. The minimum absolute atomic E-state index is 0.279. The fourth-order valence-electron chi connectivity index (χ4n) is 2.68. The molecule has 1 aliphatic rings. The lowest BCUT2D eigenvalue weighted by Crippen LogP contribution is -2.37. The molecule has 1 saturated heterocycles. The van der Waals surface area contributed by atoms with E-state index in [2.05, 4.69) is 9.88 Å². The van der Waals surface area contributed by atoms with E-state index in [1.165, 1.54) is 25.3 Å². The van der Waals surface area contributed by atoms with Gasteiger partial charge in [0, 0.05) is 24.9 Å². The second kappa shape index (κ2) is 8.84. The number of aromatic nitrogens is 1. The second-order valence-corrected chi connectivity index (χ2v) is 6.07. The van der Waals surface area contributed by atoms with Crippen LogP contribution in [0.15, 0.2) is 30.2 Å². The Morgan fingerprint density at radius 2 is 2.04 bits per heavy atom. The number of carbonyl (C=O) groups excluding carboxylic acids is 1. The maximum absolute atomic E-state index is 12.1. The molecule has 0 saturated carbocycles. The lowest BCUT2D eigenvalue weighted by molar-refractivity contribution is -0.173. The van der Waals surface area contributed by atoms with Gasteiger partial charge in [-0.15, -0.1) is 0 Å². The van der Waals surface area contributed by atoms with Crippen LogP contribution in [0.3, 0.4) is 0 Å². The maximum Gasteiger partial charge on any atom is 0.471 e. The van der Waals surface area contributed by atoms with E-state index in [4.69, 9.17) is 0 Å². The van der Waals surface area contributed by atoms with E-state index in [0.717, 1.165) is 25.2 Å². The predicted octanol–water partition coefficient (Wildman–Crippen LogP) is 2.73. The van der Waals surface area contributed by atoms with Crippen LogP contribution in [0.2, 0.25) is 0 Å². The number of pyridine rings is 1. The summed E-state index contributed by atoms with van der Waals surface area (Å²) in [6, 6.07) is 3.86. The number of alkyl halides is 3. The van der Waals surface area contributed by atoms with Gasteiger partial charge in [0.05, 0.1) is 6.54 Å². The Morgan fingerprint density at radius 1 is 1.32 bits per heavy atom. The van der Waals surface area contributed by atoms with Gasteiger partial charge >= 0.3 is 12.1 Å². The normalized spacial score (nSPS) is 16.7. The molecule has 5 nitrogen and oxygen atoms in total. The number of likely N-dealkylation sites (tertiary alicyclic amines) is 1. The Bertz CT molecular complexity index is 611. The van der Waals surface area contributed by atoms with Crippen molar-refractivity contribution >= 4 is 5.91 Å². The van der Waals surface area contributed by atoms with E-state index in [9.17, 15) is 23.1 Å². The van der Waals surface area contributed by atoms with Crippen molar-refractivity contribution in [1.82, 2.24) is 15.2 Å². The molecule has 0 aliphatic carbocycles. The van der Waals surface area contributed by atoms with Crippen molar-refractivity contribution in [3.63, 3.8) is 0 Å². The number of nitrogens with one attached hydrogen (secondary N) is 1. The van der Waals surface area contributed by atoms with Gasteiger partial charge in [0.15, 0.2) is 0 Å². The number of allylic oxidation sites excluding steroid dienone is 1. The summed E-state index contributed by atoms with van der Waals surface area (Å²) in [6.45, 7) is 2.44. The third-order valence-electron chi connectivity index (χ3n) is 3.97. The van der Waals surface area contributed by atoms with Gasteiger partial charge < -0.3 is 10.4 Å². The molecule has 0 radical (unpaired) electrons. The second-order valence-electron chi connectivity index (χ2n) is 6.07. The van der Waals surface area contributed by atoms with Crippen LogP contribution < -0.4 is 5.32 Å². The van der Waals surface area contributed by atoms with Gasteiger partial charge in [-0.3, -0.25) is 14.7 Å². The van der Waals surface area contributed by atoms with Gasteiger partial charge in [0.1, 0.15) is 5.76 Å². The van der Waals surface area contributed by atoms with Crippen LogP contribution in [-0.4, -0.2) is 46.7 Å². The van der Waals surface area contributed by atoms with Crippen LogP contribution in [0, 0.1) is 0 Å². The number of amides is 1. The van der Waals surface area contributed by atoms with Crippen molar-refractivity contribution < 1.29 is 23.1 Å². The Kier molecular flexibility index (Phi) is 6.81. The molecule has 2 heterocycles. The minimum atomic E-state index is -4.95. The molecule has 8 heteroatoms. The molecular weight excluding hydrogens is 335 g/mol. The molecule has 1 fully saturated rings. The van der Waals surface area contributed by atoms with Gasteiger partial charge in [0.25, 0.3) is 0 Å². The van der Waals surface area contributed by atoms with Gasteiger partial charge in [-0.1, -0.05) is 6.42 Å². The molecule has 138 valence electrons. The number of hydrogen-bond donors (Lipinski definition) is 2. The number of rotatable bonds is 6. The lowest BCUT2D eigenvalue weighted by Gasteiger charge is -2.26. The van der Waals surface area contributed by atoms with Crippen molar-refractivity contribution in [2.24, 2.45) is 0 Å². The van der Waals surface area contributed by atoms with Crippen molar-refractivity contribution in [2.75, 3.05) is 19.6 Å². The van der Waals surface area contributed by atoms with Crippen molar-refractivity contribution in [1.29, 1.82) is 0 Å². The molecule has 0 unspecified atom stereocenters. The van der Waals surface area contributed by atoms with E-state index in [-0.39, 0.29) is 12.2 Å². The third kappa shape index (κ3) is 6.74. The summed E-state index contributed by atoms with van der Waals surface area (Å²) >= 11 is 0. The van der Waals surface area contributed by atoms with Crippen LogP contribution in [0.1, 0.15) is 30.5 Å². The van der Waals surface area contributed by atoms with E-state index >= 15 is 0 Å². The molecule has 0 spiro atoms. The summed E-state index contributed by atoms with van der Waals surface area (Å²) in [5.41, 5.74) is 1.83. The summed E-state index contributed by atoms with van der Waals surface area (Å²) in [6.07, 6.45) is 2.05. The smallest absolute Gasteiger partial charge is 0.471 e. The molecule has 2 rings (SSSR count). The number of piperidine rings is 1. The third-order valence-corrected chi connectivity index (χ3v) is 3.97. The average molecular weight is 357 g/mol. The molecule has 0 bridgehead atoms. The Labute approximate surface area is 144 Å². The van der Waals surface area contributed by atoms with Crippen LogP contribution in [-0.2, 0) is 17.8 Å². The molecule has 1 aromatic heterocycles. The lowest BCUT2D eigenvalue weighted by atomic mass is 10.1. The molecule has 25 heavy (non-hydrogen) atoms. The zero-order valence-corrected chi connectivity index (χ0v) is 13.9. The Balaban J connectivity index is 1.85. The summed E-state index contributed by atoms with van der Waals surface area (Å²) in [5.74, 6) is -2.41. The number of carbonyl (C=O) groups is 1. The Morgan fingerprint density at radius 3 is 2.72 bits per heavy atom. The molecular formula is C17H22F3N3O2. The van der Waals surface area contributed by atoms with Crippen LogP contribution in [0.5, 0.6) is 0 Å². The monoisotopic (exact) mass is 357 g/mol. The minimum Gasteiger partial charge on any atom is -0.511 e. The number of nitrogens with zero attached hydrogens (tertiary/aromatic N) is 2. The van der Waals surface area contributed by atoms with Crippen molar-refractivity contribution in [3.05, 3.63) is 41.4 Å². The highest BCUT2D eigenvalue weighted by atomic mass is 19.4. The standard InChI is InChI=1S/C17H22F3N3O2/c18-17(19,20)16(25)22-11-15(24)5-4-14-10-13(6-7-21-14)12-23-8-2-1-3-9-23/h5-7,10,24H,1-4,8-9,11-12H2,(H,22,25)/b15-5-. The van der Waals surface area contributed by atoms with E-state index < -0.39 is 18.6 Å². The average Bonchev–Trinajstić information content (AvgIpc) is 2.58. The number of hydrogen-bond acceptors (Lipinski definition) is 4. The highest BCUT2D eigenvalue weighted by Gasteiger charge is 2.38. The quantitative estimate of drug-likeness (QED) is 0.769. The van der Waals surface area contributed by atoms with Crippen molar-refractivity contribution in [2.45, 2.75) is 38.4 Å². The number of aliphatic hydroxyl groups is 1.